The third-order valence-corrected chi connectivity index (χ3v) is 5.27. The molecule has 0 saturated heterocycles. The van der Waals surface area contributed by atoms with Crippen molar-refractivity contribution in [1.82, 2.24) is 5.32 Å². The largest absolute Gasteiger partial charge is 0.467 e. The maximum Gasteiger partial charge on any atom is 0.333 e. The van der Waals surface area contributed by atoms with Crippen LogP contribution < -0.4 is 10.7 Å². The lowest BCUT2D eigenvalue weighted by molar-refractivity contribution is -0.143. The molecule has 1 N–H and O–H groups in total. The van der Waals surface area contributed by atoms with Crippen molar-refractivity contribution in [3.05, 3.63) is 106 Å². The summed E-state index contributed by atoms with van der Waals surface area (Å²) in [5.41, 5.74) is 1.87. The number of amides is 1. The third-order valence-electron chi connectivity index (χ3n) is 5.27. The lowest BCUT2D eigenvalue weighted by Gasteiger charge is -2.17. The molecule has 3 aromatic carbocycles. The first-order valence-electron chi connectivity index (χ1n) is 10.1. The molecule has 1 unspecified atom stereocenters. The van der Waals surface area contributed by atoms with Crippen molar-refractivity contribution in [2.45, 2.75) is 13.0 Å². The molecule has 32 heavy (non-hydrogen) atoms. The molecule has 0 spiro atoms. The van der Waals surface area contributed by atoms with E-state index in [1.807, 2.05) is 36.4 Å². The van der Waals surface area contributed by atoms with Gasteiger partial charge in [-0.3, -0.25) is 9.59 Å². The first-order chi connectivity index (χ1) is 15.5. The van der Waals surface area contributed by atoms with E-state index in [2.05, 4.69) is 5.32 Å². The lowest BCUT2D eigenvalue weighted by atomic mass is 10.0. The van der Waals surface area contributed by atoms with E-state index in [9.17, 15) is 14.4 Å². The zero-order valence-corrected chi connectivity index (χ0v) is 17.6. The van der Waals surface area contributed by atoms with Gasteiger partial charge in [0.1, 0.15) is 5.76 Å². The zero-order chi connectivity index (χ0) is 22.7. The number of para-hydroxylation sites is 1. The Balaban J connectivity index is 1.82. The topological polar surface area (TPSA) is 85.6 Å². The quantitative estimate of drug-likeness (QED) is 0.477. The summed E-state index contributed by atoms with van der Waals surface area (Å²) in [4.78, 5) is 38.6. The fourth-order valence-corrected chi connectivity index (χ4v) is 3.60. The number of rotatable bonds is 5. The molecule has 0 aliphatic carbocycles. The molecule has 6 heteroatoms. The zero-order valence-electron chi connectivity index (χ0n) is 17.6. The number of methoxy groups -OCH3 is 1. The summed E-state index contributed by atoms with van der Waals surface area (Å²) in [7, 11) is 1.26. The molecule has 0 aliphatic rings. The molecule has 1 amide bonds. The van der Waals surface area contributed by atoms with Gasteiger partial charge in [-0.25, -0.2) is 4.79 Å². The van der Waals surface area contributed by atoms with Crippen LogP contribution in [-0.4, -0.2) is 19.0 Å². The maximum atomic E-state index is 13.2. The highest BCUT2D eigenvalue weighted by molar-refractivity contribution is 6.06. The van der Waals surface area contributed by atoms with Crippen molar-refractivity contribution in [3.63, 3.8) is 0 Å². The number of hydrogen-bond acceptors (Lipinski definition) is 5. The average Bonchev–Trinajstić information content (AvgIpc) is 2.84. The van der Waals surface area contributed by atoms with Crippen molar-refractivity contribution in [1.29, 1.82) is 0 Å². The summed E-state index contributed by atoms with van der Waals surface area (Å²) in [6, 6.07) is 21.8. The van der Waals surface area contributed by atoms with Gasteiger partial charge in [-0.15, -0.1) is 0 Å². The van der Waals surface area contributed by atoms with Crippen molar-refractivity contribution in [2.75, 3.05) is 7.11 Å². The fourth-order valence-electron chi connectivity index (χ4n) is 3.60. The van der Waals surface area contributed by atoms with Gasteiger partial charge in [-0.1, -0.05) is 66.7 Å². The van der Waals surface area contributed by atoms with Gasteiger partial charge in [0.15, 0.2) is 17.1 Å². The van der Waals surface area contributed by atoms with E-state index in [0.29, 0.717) is 22.3 Å². The van der Waals surface area contributed by atoms with Gasteiger partial charge in [0.05, 0.1) is 18.1 Å². The predicted octanol–water partition coefficient (Wildman–Crippen LogP) is 4.41. The Morgan fingerprint density at radius 1 is 0.906 bits per heavy atom. The molecule has 6 nitrogen and oxygen atoms in total. The average molecular weight is 427 g/mol. The first-order valence-corrected chi connectivity index (χ1v) is 10.1. The highest BCUT2D eigenvalue weighted by Crippen LogP contribution is 2.27. The van der Waals surface area contributed by atoms with Crippen molar-refractivity contribution in [2.24, 2.45) is 0 Å². The molecule has 160 valence electrons. The minimum atomic E-state index is -1.00. The van der Waals surface area contributed by atoms with E-state index in [1.165, 1.54) is 7.11 Å². The smallest absolute Gasteiger partial charge is 0.333 e. The molecule has 1 heterocycles. The second-order valence-electron chi connectivity index (χ2n) is 7.27. The highest BCUT2D eigenvalue weighted by Gasteiger charge is 2.26. The van der Waals surface area contributed by atoms with Gasteiger partial charge in [0.25, 0.3) is 5.91 Å². The molecule has 0 fully saturated rings. The van der Waals surface area contributed by atoms with Crippen LogP contribution in [0.15, 0.2) is 88.1 Å². The molecule has 1 aromatic heterocycles. The number of esters is 1. The summed E-state index contributed by atoms with van der Waals surface area (Å²) in [5.74, 6) is -0.760. The minimum absolute atomic E-state index is 0.154. The number of benzene rings is 3. The molecular weight excluding hydrogens is 406 g/mol. The number of hydrogen-bond donors (Lipinski definition) is 1. The van der Waals surface area contributed by atoms with Crippen LogP contribution in [0.25, 0.3) is 22.3 Å². The molecule has 4 aromatic rings. The van der Waals surface area contributed by atoms with E-state index < -0.39 is 17.9 Å². The van der Waals surface area contributed by atoms with Crippen molar-refractivity contribution < 1.29 is 18.7 Å². The molecule has 0 saturated carbocycles. The van der Waals surface area contributed by atoms with E-state index in [-0.39, 0.29) is 16.6 Å². The number of carbonyl (C=O) groups is 2. The summed E-state index contributed by atoms with van der Waals surface area (Å²) < 4.78 is 11.0. The van der Waals surface area contributed by atoms with Crippen LogP contribution in [0.5, 0.6) is 0 Å². The molecular formula is C26H21NO5. The van der Waals surface area contributed by atoms with Gasteiger partial charge >= 0.3 is 5.97 Å². The Kier molecular flexibility index (Phi) is 5.85. The van der Waals surface area contributed by atoms with Crippen LogP contribution in [0.3, 0.4) is 0 Å². The molecule has 4 rings (SSSR count). The predicted molar refractivity (Wildman–Crippen MR) is 121 cm³/mol. The Morgan fingerprint density at radius 2 is 1.56 bits per heavy atom. The number of fused-ring (bicyclic) bond motifs is 1. The van der Waals surface area contributed by atoms with Crippen LogP contribution >= 0.6 is 0 Å². The summed E-state index contributed by atoms with van der Waals surface area (Å²) >= 11 is 0. The standard InChI is InChI=1S/C26H21NO5/c1-16-22(28)19-14-9-15-20(24(19)32-23(16)18-12-7-4-8-13-18)25(29)27-21(26(30)31-2)17-10-5-3-6-11-17/h3-15,21H,1-2H3,(H,27,29). The van der Waals surface area contributed by atoms with Gasteiger partial charge in [-0.05, 0) is 24.6 Å². The third kappa shape index (κ3) is 3.90. The molecule has 0 aliphatic heterocycles. The summed E-state index contributed by atoms with van der Waals surface area (Å²) in [6.45, 7) is 1.70. The molecule has 0 radical (unpaired) electrons. The lowest BCUT2D eigenvalue weighted by Crippen LogP contribution is -2.34. The molecule has 1 atom stereocenters. The van der Waals surface area contributed by atoms with Gasteiger partial charge < -0.3 is 14.5 Å². The Hall–Kier alpha value is -4.19. The Bertz CT molecular complexity index is 1340. The van der Waals surface area contributed by atoms with Gasteiger partial charge in [0.2, 0.25) is 0 Å². The van der Waals surface area contributed by atoms with Gasteiger partial charge in [0, 0.05) is 11.1 Å². The fraction of sp³-hybridized carbons (Fsp3) is 0.115. The van der Waals surface area contributed by atoms with Crippen LogP contribution in [-0.2, 0) is 9.53 Å². The van der Waals surface area contributed by atoms with E-state index in [0.717, 1.165) is 5.56 Å². The second-order valence-corrected chi connectivity index (χ2v) is 7.27. The van der Waals surface area contributed by atoms with Crippen LogP contribution in [0.4, 0.5) is 0 Å². The van der Waals surface area contributed by atoms with E-state index in [1.54, 1.807) is 49.4 Å². The first kappa shape index (κ1) is 21.1. The van der Waals surface area contributed by atoms with E-state index in [4.69, 9.17) is 9.15 Å². The minimum Gasteiger partial charge on any atom is -0.467 e. The van der Waals surface area contributed by atoms with Gasteiger partial charge in [-0.2, -0.15) is 0 Å². The normalized spacial score (nSPS) is 11.7. The monoisotopic (exact) mass is 427 g/mol. The van der Waals surface area contributed by atoms with E-state index >= 15 is 0 Å². The number of carbonyl (C=O) groups excluding carboxylic acids is 2. The van der Waals surface area contributed by atoms with Crippen molar-refractivity contribution >= 4 is 22.8 Å². The molecule has 0 bridgehead atoms. The maximum absolute atomic E-state index is 13.2. The number of ether oxygens (including phenoxy) is 1. The van der Waals surface area contributed by atoms with Crippen LogP contribution in [0, 0.1) is 6.92 Å². The van der Waals surface area contributed by atoms with Crippen LogP contribution in [0.1, 0.15) is 27.5 Å². The van der Waals surface area contributed by atoms with Crippen LogP contribution in [0.2, 0.25) is 0 Å². The van der Waals surface area contributed by atoms with Crippen molar-refractivity contribution in [3.8, 4) is 11.3 Å². The number of nitrogens with one attached hydrogen (secondary N) is 1. The Labute approximate surface area is 184 Å². The SMILES string of the molecule is COC(=O)C(NC(=O)c1cccc2c(=O)c(C)c(-c3ccccc3)oc12)c1ccccc1. The summed E-state index contributed by atoms with van der Waals surface area (Å²) in [5, 5.41) is 3.01. The summed E-state index contributed by atoms with van der Waals surface area (Å²) in [6.07, 6.45) is 0. The Morgan fingerprint density at radius 3 is 2.22 bits per heavy atom. The highest BCUT2D eigenvalue weighted by atomic mass is 16.5. The second kappa shape index (κ2) is 8.89.